The lowest BCUT2D eigenvalue weighted by Crippen LogP contribution is -2.29. The summed E-state index contributed by atoms with van der Waals surface area (Å²) in [5, 5.41) is 11.2. The van der Waals surface area contributed by atoms with Gasteiger partial charge in [-0.1, -0.05) is 11.6 Å². The predicted molar refractivity (Wildman–Crippen MR) is 98.4 cm³/mol. The SMILES string of the molecule is CCOc1c(Cl)cc(C(=O)NNc2ccc(C(F)(F)F)cc2[N+](=O)[O-])cc1OC. The Hall–Kier alpha value is -3.21. The summed E-state index contributed by atoms with van der Waals surface area (Å²) in [6.07, 6.45) is -4.75. The van der Waals surface area contributed by atoms with Crippen LogP contribution in [0.2, 0.25) is 5.02 Å². The monoisotopic (exact) mass is 433 g/mol. The first kappa shape index (κ1) is 22.1. The number of methoxy groups -OCH3 is 1. The van der Waals surface area contributed by atoms with Crippen molar-refractivity contribution in [2.45, 2.75) is 13.1 Å². The largest absolute Gasteiger partial charge is 0.493 e. The van der Waals surface area contributed by atoms with E-state index in [0.29, 0.717) is 18.7 Å². The molecule has 2 aromatic rings. The van der Waals surface area contributed by atoms with Gasteiger partial charge in [0.1, 0.15) is 5.69 Å². The summed E-state index contributed by atoms with van der Waals surface area (Å²) in [4.78, 5) is 22.4. The van der Waals surface area contributed by atoms with Crippen LogP contribution in [0.25, 0.3) is 0 Å². The molecular formula is C17H15ClF3N3O5. The van der Waals surface area contributed by atoms with Crippen molar-refractivity contribution in [1.29, 1.82) is 0 Å². The second-order valence-corrected chi connectivity index (χ2v) is 5.90. The molecule has 12 heteroatoms. The van der Waals surface area contributed by atoms with Gasteiger partial charge in [0.15, 0.2) is 11.5 Å². The Morgan fingerprint density at radius 2 is 1.97 bits per heavy atom. The van der Waals surface area contributed by atoms with E-state index in [0.717, 1.165) is 6.07 Å². The topological polar surface area (TPSA) is 103 Å². The maximum absolute atomic E-state index is 12.7. The molecule has 2 aromatic carbocycles. The van der Waals surface area contributed by atoms with Crippen molar-refractivity contribution >= 4 is 28.9 Å². The zero-order valence-corrected chi connectivity index (χ0v) is 15.9. The second kappa shape index (κ2) is 8.86. The number of ether oxygens (including phenoxy) is 2. The van der Waals surface area contributed by atoms with Gasteiger partial charge in [-0.25, -0.2) is 0 Å². The van der Waals surface area contributed by atoms with Crippen LogP contribution in [0.15, 0.2) is 30.3 Å². The molecule has 0 heterocycles. The number of benzene rings is 2. The molecule has 1 amide bonds. The molecule has 0 spiro atoms. The van der Waals surface area contributed by atoms with Crippen LogP contribution in [0.1, 0.15) is 22.8 Å². The van der Waals surface area contributed by atoms with Gasteiger partial charge in [0.2, 0.25) is 0 Å². The van der Waals surface area contributed by atoms with Crippen LogP contribution in [0.5, 0.6) is 11.5 Å². The number of nitrogens with zero attached hydrogens (tertiary/aromatic N) is 1. The fourth-order valence-electron chi connectivity index (χ4n) is 2.30. The summed E-state index contributed by atoms with van der Waals surface area (Å²) in [5.41, 5.74) is 2.06. The van der Waals surface area contributed by atoms with Crippen LogP contribution in [0.3, 0.4) is 0 Å². The maximum Gasteiger partial charge on any atom is 0.416 e. The normalized spacial score (nSPS) is 11.0. The lowest BCUT2D eigenvalue weighted by molar-refractivity contribution is -0.384. The van der Waals surface area contributed by atoms with E-state index in [-0.39, 0.29) is 27.8 Å². The maximum atomic E-state index is 12.7. The van der Waals surface area contributed by atoms with Gasteiger partial charge < -0.3 is 9.47 Å². The third-order valence-corrected chi connectivity index (χ3v) is 3.89. The molecule has 0 radical (unpaired) electrons. The molecule has 2 rings (SSSR count). The van der Waals surface area contributed by atoms with E-state index in [2.05, 4.69) is 10.9 Å². The minimum Gasteiger partial charge on any atom is -0.493 e. The van der Waals surface area contributed by atoms with Crippen LogP contribution < -0.4 is 20.3 Å². The van der Waals surface area contributed by atoms with Gasteiger partial charge >= 0.3 is 6.18 Å². The molecule has 156 valence electrons. The summed E-state index contributed by atoms with van der Waals surface area (Å²) in [6.45, 7) is 2.04. The highest BCUT2D eigenvalue weighted by atomic mass is 35.5. The number of halogens is 4. The smallest absolute Gasteiger partial charge is 0.416 e. The molecule has 0 fully saturated rings. The minimum absolute atomic E-state index is 0.0253. The van der Waals surface area contributed by atoms with E-state index in [1.165, 1.54) is 19.2 Å². The first-order chi connectivity index (χ1) is 13.6. The van der Waals surface area contributed by atoms with E-state index < -0.39 is 28.3 Å². The van der Waals surface area contributed by atoms with E-state index in [1.807, 2.05) is 0 Å². The number of carbonyl (C=O) groups excluding carboxylic acids is 1. The van der Waals surface area contributed by atoms with Crippen molar-refractivity contribution in [2.24, 2.45) is 0 Å². The van der Waals surface area contributed by atoms with E-state index in [9.17, 15) is 28.1 Å². The van der Waals surface area contributed by atoms with Crippen LogP contribution in [0, 0.1) is 10.1 Å². The Balaban J connectivity index is 2.25. The lowest BCUT2D eigenvalue weighted by Gasteiger charge is -2.14. The zero-order valence-electron chi connectivity index (χ0n) is 15.1. The molecule has 0 aliphatic heterocycles. The Bertz CT molecular complexity index is 937. The molecule has 0 aliphatic carbocycles. The lowest BCUT2D eigenvalue weighted by atomic mass is 10.1. The summed E-state index contributed by atoms with van der Waals surface area (Å²) in [7, 11) is 1.35. The van der Waals surface area contributed by atoms with Crippen molar-refractivity contribution in [3.05, 3.63) is 56.6 Å². The Kier molecular flexibility index (Phi) is 6.75. The van der Waals surface area contributed by atoms with Gasteiger partial charge in [-0.2, -0.15) is 13.2 Å². The summed E-state index contributed by atoms with van der Waals surface area (Å²) < 4.78 is 48.7. The molecule has 0 aromatic heterocycles. The molecule has 0 aliphatic rings. The van der Waals surface area contributed by atoms with Crippen molar-refractivity contribution in [1.82, 2.24) is 5.43 Å². The van der Waals surface area contributed by atoms with Crippen LogP contribution in [0.4, 0.5) is 24.5 Å². The number of anilines is 1. The van der Waals surface area contributed by atoms with Crippen molar-refractivity contribution in [2.75, 3.05) is 19.1 Å². The number of nitro benzene ring substituents is 1. The van der Waals surface area contributed by atoms with E-state index >= 15 is 0 Å². The molecule has 8 nitrogen and oxygen atoms in total. The van der Waals surface area contributed by atoms with Gasteiger partial charge in [0, 0.05) is 11.6 Å². The fourth-order valence-corrected chi connectivity index (χ4v) is 2.56. The predicted octanol–water partition coefficient (Wildman–Crippen LogP) is 4.43. The molecular weight excluding hydrogens is 419 g/mol. The van der Waals surface area contributed by atoms with Gasteiger partial charge in [-0.3, -0.25) is 25.8 Å². The highest BCUT2D eigenvalue weighted by molar-refractivity contribution is 6.32. The standard InChI is InChI=1S/C17H15ClF3N3O5/c1-3-29-15-11(18)6-9(7-14(15)28-2)16(25)23-22-12-5-4-10(17(19,20)21)8-13(12)24(26)27/h4-8,22H,3H2,1-2H3,(H,23,25). The van der Waals surface area contributed by atoms with E-state index in [4.69, 9.17) is 21.1 Å². The van der Waals surface area contributed by atoms with Crippen LogP contribution in [-0.2, 0) is 6.18 Å². The summed E-state index contributed by atoms with van der Waals surface area (Å²) >= 11 is 6.08. The molecule has 2 N–H and O–H groups in total. The number of nitro groups is 1. The fraction of sp³-hybridized carbons (Fsp3) is 0.235. The number of alkyl halides is 3. The second-order valence-electron chi connectivity index (χ2n) is 5.49. The van der Waals surface area contributed by atoms with E-state index in [1.54, 1.807) is 6.92 Å². The number of hydrogen-bond acceptors (Lipinski definition) is 6. The molecule has 0 bridgehead atoms. The average molecular weight is 434 g/mol. The average Bonchev–Trinajstić information content (AvgIpc) is 2.66. The minimum atomic E-state index is -4.75. The Labute approximate surface area is 167 Å². The number of hydrogen-bond donors (Lipinski definition) is 2. The first-order valence-electron chi connectivity index (χ1n) is 8.00. The number of hydrazine groups is 1. The number of amides is 1. The van der Waals surface area contributed by atoms with Gasteiger partial charge in [-0.05, 0) is 31.2 Å². The number of rotatable bonds is 7. The molecule has 0 saturated heterocycles. The van der Waals surface area contributed by atoms with Gasteiger partial charge in [-0.15, -0.1) is 0 Å². The van der Waals surface area contributed by atoms with Crippen LogP contribution in [-0.4, -0.2) is 24.5 Å². The summed E-state index contributed by atoms with van der Waals surface area (Å²) in [5.74, 6) is -0.341. The summed E-state index contributed by atoms with van der Waals surface area (Å²) in [6, 6.07) is 4.47. The number of nitrogens with one attached hydrogen (secondary N) is 2. The molecule has 0 saturated carbocycles. The molecule has 0 atom stereocenters. The Morgan fingerprint density at radius 1 is 1.28 bits per heavy atom. The first-order valence-corrected chi connectivity index (χ1v) is 8.38. The number of carbonyl (C=O) groups is 1. The zero-order chi connectivity index (χ0) is 21.8. The molecule has 0 unspecified atom stereocenters. The van der Waals surface area contributed by atoms with Gasteiger partial charge in [0.05, 0.1) is 29.2 Å². The molecule has 29 heavy (non-hydrogen) atoms. The van der Waals surface area contributed by atoms with Crippen molar-refractivity contribution in [3.63, 3.8) is 0 Å². The van der Waals surface area contributed by atoms with Crippen molar-refractivity contribution < 1.29 is 32.4 Å². The van der Waals surface area contributed by atoms with Crippen molar-refractivity contribution in [3.8, 4) is 11.5 Å². The quantitative estimate of drug-likeness (QED) is 0.494. The Morgan fingerprint density at radius 3 is 2.52 bits per heavy atom. The highest BCUT2D eigenvalue weighted by Crippen LogP contribution is 2.37. The third-order valence-electron chi connectivity index (χ3n) is 3.61. The van der Waals surface area contributed by atoms with Crippen LogP contribution >= 0.6 is 11.6 Å². The highest BCUT2D eigenvalue weighted by Gasteiger charge is 2.33. The third kappa shape index (κ3) is 5.19. The van der Waals surface area contributed by atoms with Gasteiger partial charge in [0.25, 0.3) is 11.6 Å².